The summed E-state index contributed by atoms with van der Waals surface area (Å²) in [4.78, 5) is 17.4. The lowest BCUT2D eigenvalue weighted by atomic mass is 9.88. The van der Waals surface area contributed by atoms with Crippen molar-refractivity contribution in [1.82, 2.24) is 10.2 Å². The molecule has 3 heterocycles. The van der Waals surface area contributed by atoms with Gasteiger partial charge in [-0.1, -0.05) is 18.2 Å². The van der Waals surface area contributed by atoms with Gasteiger partial charge in [0.1, 0.15) is 0 Å². The van der Waals surface area contributed by atoms with E-state index in [0.29, 0.717) is 6.10 Å². The van der Waals surface area contributed by atoms with Gasteiger partial charge in [0.05, 0.1) is 18.1 Å². The van der Waals surface area contributed by atoms with E-state index in [1.165, 1.54) is 5.69 Å². The highest BCUT2D eigenvalue weighted by Gasteiger charge is 2.44. The molecule has 3 aliphatic rings. The predicted molar refractivity (Wildman–Crippen MR) is 98.7 cm³/mol. The first-order valence-corrected chi connectivity index (χ1v) is 9.67. The highest BCUT2D eigenvalue weighted by Crippen LogP contribution is 2.38. The van der Waals surface area contributed by atoms with Crippen LogP contribution in [0, 0.1) is 5.92 Å². The normalized spacial score (nSPS) is 30.4. The van der Waals surface area contributed by atoms with Gasteiger partial charge in [0.2, 0.25) is 5.91 Å². The fraction of sp³-hybridized carbons (Fsp3) is 0.650. The molecule has 5 nitrogen and oxygen atoms in total. The summed E-state index contributed by atoms with van der Waals surface area (Å²) < 4.78 is 5.81. The number of amides is 1. The van der Waals surface area contributed by atoms with E-state index in [1.54, 1.807) is 0 Å². The number of fused-ring (bicyclic) bond motifs is 2. The molecule has 4 atom stereocenters. The van der Waals surface area contributed by atoms with Crippen LogP contribution in [0.5, 0.6) is 0 Å². The molecular weight excluding hydrogens is 314 g/mol. The Morgan fingerprint density at radius 3 is 2.60 bits per heavy atom. The van der Waals surface area contributed by atoms with E-state index >= 15 is 0 Å². The molecule has 0 spiro atoms. The third-order valence-corrected chi connectivity index (χ3v) is 5.86. The van der Waals surface area contributed by atoms with Gasteiger partial charge in [-0.05, 0) is 38.3 Å². The molecule has 1 amide bonds. The lowest BCUT2D eigenvalue weighted by Gasteiger charge is -2.37. The van der Waals surface area contributed by atoms with E-state index < -0.39 is 0 Å². The molecule has 1 aromatic rings. The van der Waals surface area contributed by atoms with Crippen LogP contribution in [0.3, 0.4) is 0 Å². The van der Waals surface area contributed by atoms with E-state index in [0.717, 1.165) is 52.0 Å². The SMILES string of the molecule is C[C@@H](CN1CCN(c2ccccc2)CC1)NC(=O)[C@H]1C[C@H]2CC[C@H]1O2. The van der Waals surface area contributed by atoms with Crippen LogP contribution in [0.25, 0.3) is 0 Å². The molecule has 136 valence electrons. The van der Waals surface area contributed by atoms with E-state index in [2.05, 4.69) is 52.4 Å². The van der Waals surface area contributed by atoms with Crippen LogP contribution >= 0.6 is 0 Å². The second-order valence-electron chi connectivity index (χ2n) is 7.75. The van der Waals surface area contributed by atoms with Crippen molar-refractivity contribution < 1.29 is 9.53 Å². The topological polar surface area (TPSA) is 44.8 Å². The van der Waals surface area contributed by atoms with Crippen molar-refractivity contribution in [1.29, 1.82) is 0 Å². The van der Waals surface area contributed by atoms with Gasteiger partial charge in [-0.25, -0.2) is 0 Å². The third kappa shape index (κ3) is 3.82. The van der Waals surface area contributed by atoms with Crippen LogP contribution in [0.15, 0.2) is 30.3 Å². The zero-order valence-electron chi connectivity index (χ0n) is 15.1. The summed E-state index contributed by atoms with van der Waals surface area (Å²) in [7, 11) is 0. The number of hydrogen-bond acceptors (Lipinski definition) is 4. The average molecular weight is 343 g/mol. The summed E-state index contributed by atoms with van der Waals surface area (Å²) in [6, 6.07) is 10.8. The van der Waals surface area contributed by atoms with Crippen LogP contribution in [-0.4, -0.2) is 61.8 Å². The Bertz CT molecular complexity index is 586. The van der Waals surface area contributed by atoms with Crippen molar-refractivity contribution in [2.24, 2.45) is 5.92 Å². The number of piperazine rings is 1. The number of carbonyl (C=O) groups excluding carboxylic acids is 1. The van der Waals surface area contributed by atoms with Gasteiger partial charge < -0.3 is 15.0 Å². The number of benzene rings is 1. The van der Waals surface area contributed by atoms with Gasteiger partial charge in [-0.15, -0.1) is 0 Å². The molecule has 0 radical (unpaired) electrons. The van der Waals surface area contributed by atoms with Crippen LogP contribution in [0.4, 0.5) is 5.69 Å². The summed E-state index contributed by atoms with van der Waals surface area (Å²) in [6.45, 7) is 7.24. The first kappa shape index (κ1) is 16.9. The summed E-state index contributed by atoms with van der Waals surface area (Å²) in [5.74, 6) is 0.277. The van der Waals surface area contributed by atoms with Gasteiger partial charge >= 0.3 is 0 Å². The maximum Gasteiger partial charge on any atom is 0.226 e. The number of hydrogen-bond donors (Lipinski definition) is 1. The standard InChI is InChI=1S/C20H29N3O2/c1-15(21-20(24)18-13-17-7-8-19(18)25-17)14-22-9-11-23(12-10-22)16-5-3-2-4-6-16/h2-6,15,17-19H,7-14H2,1H3,(H,21,24)/t15-,17+,18-,19+/m0/s1. The molecule has 5 heteroatoms. The van der Waals surface area contributed by atoms with Crippen molar-refractivity contribution in [3.05, 3.63) is 30.3 Å². The van der Waals surface area contributed by atoms with Crippen molar-refractivity contribution >= 4 is 11.6 Å². The second-order valence-corrected chi connectivity index (χ2v) is 7.75. The van der Waals surface area contributed by atoms with Crippen LogP contribution in [0.1, 0.15) is 26.2 Å². The van der Waals surface area contributed by atoms with Crippen molar-refractivity contribution in [2.45, 2.75) is 44.4 Å². The van der Waals surface area contributed by atoms with Crippen molar-refractivity contribution in [3.63, 3.8) is 0 Å². The number of rotatable bonds is 5. The minimum atomic E-state index is 0.0797. The zero-order valence-corrected chi connectivity index (χ0v) is 15.1. The first-order chi connectivity index (χ1) is 12.2. The smallest absolute Gasteiger partial charge is 0.226 e. The summed E-state index contributed by atoms with van der Waals surface area (Å²) in [5.41, 5.74) is 1.31. The Morgan fingerprint density at radius 1 is 1.20 bits per heavy atom. The minimum Gasteiger partial charge on any atom is -0.374 e. The molecule has 1 N–H and O–H groups in total. The predicted octanol–water partition coefficient (Wildman–Crippen LogP) is 1.88. The number of para-hydroxylation sites is 1. The monoisotopic (exact) mass is 343 g/mol. The average Bonchev–Trinajstić information content (AvgIpc) is 3.26. The maximum atomic E-state index is 12.5. The fourth-order valence-electron chi connectivity index (χ4n) is 4.52. The molecule has 3 saturated heterocycles. The van der Waals surface area contributed by atoms with Gasteiger partial charge in [0.25, 0.3) is 0 Å². The third-order valence-electron chi connectivity index (χ3n) is 5.86. The molecular formula is C20H29N3O2. The molecule has 0 aromatic heterocycles. The Hall–Kier alpha value is -1.59. The number of nitrogens with zero attached hydrogens (tertiary/aromatic N) is 2. The van der Waals surface area contributed by atoms with E-state index in [9.17, 15) is 4.79 Å². The van der Waals surface area contributed by atoms with Crippen LogP contribution < -0.4 is 10.2 Å². The van der Waals surface area contributed by atoms with Gasteiger partial charge in [-0.2, -0.15) is 0 Å². The van der Waals surface area contributed by atoms with Gasteiger partial charge in [0.15, 0.2) is 0 Å². The van der Waals surface area contributed by atoms with Crippen LogP contribution in [0.2, 0.25) is 0 Å². The lowest BCUT2D eigenvalue weighted by molar-refractivity contribution is -0.127. The quantitative estimate of drug-likeness (QED) is 0.887. The number of nitrogens with one attached hydrogen (secondary N) is 1. The molecule has 3 fully saturated rings. The van der Waals surface area contributed by atoms with Gasteiger partial charge in [0, 0.05) is 44.5 Å². The molecule has 1 aromatic carbocycles. The maximum absolute atomic E-state index is 12.5. The van der Waals surface area contributed by atoms with E-state index in [1.807, 2.05) is 0 Å². The minimum absolute atomic E-state index is 0.0797. The zero-order chi connectivity index (χ0) is 17.2. The molecule has 25 heavy (non-hydrogen) atoms. The highest BCUT2D eigenvalue weighted by atomic mass is 16.5. The lowest BCUT2D eigenvalue weighted by Crippen LogP contribution is -2.51. The van der Waals surface area contributed by atoms with E-state index in [4.69, 9.17) is 4.74 Å². The Kier molecular flexibility index (Phi) is 4.95. The van der Waals surface area contributed by atoms with Crippen molar-refractivity contribution in [2.75, 3.05) is 37.6 Å². The van der Waals surface area contributed by atoms with E-state index in [-0.39, 0.29) is 24.0 Å². The Labute approximate surface area is 150 Å². The van der Waals surface area contributed by atoms with Crippen molar-refractivity contribution in [3.8, 4) is 0 Å². The Morgan fingerprint density at radius 2 is 1.96 bits per heavy atom. The molecule has 4 rings (SSSR count). The number of anilines is 1. The largest absolute Gasteiger partial charge is 0.374 e. The summed E-state index contributed by atoms with van der Waals surface area (Å²) >= 11 is 0. The Balaban J connectivity index is 1.21. The number of ether oxygens (including phenoxy) is 1. The molecule has 2 bridgehead atoms. The summed E-state index contributed by atoms with van der Waals surface area (Å²) in [5, 5.41) is 3.22. The van der Waals surface area contributed by atoms with Gasteiger partial charge in [-0.3, -0.25) is 9.69 Å². The fourth-order valence-corrected chi connectivity index (χ4v) is 4.52. The molecule has 0 unspecified atom stereocenters. The molecule has 3 aliphatic heterocycles. The first-order valence-electron chi connectivity index (χ1n) is 9.67. The molecule has 0 aliphatic carbocycles. The highest BCUT2D eigenvalue weighted by molar-refractivity contribution is 5.80. The molecule has 0 saturated carbocycles. The van der Waals surface area contributed by atoms with Crippen LogP contribution in [-0.2, 0) is 9.53 Å². The number of carbonyl (C=O) groups is 1. The summed E-state index contributed by atoms with van der Waals surface area (Å²) in [6.07, 6.45) is 3.61. The second kappa shape index (κ2) is 7.34.